The van der Waals surface area contributed by atoms with Gasteiger partial charge in [-0.05, 0) is 38.3 Å². The van der Waals surface area contributed by atoms with Crippen molar-refractivity contribution < 1.29 is 0 Å². The first-order valence-corrected chi connectivity index (χ1v) is 10.9. The zero-order valence-electron chi connectivity index (χ0n) is 17.0. The zero-order chi connectivity index (χ0) is 18.9. The molecule has 148 valence electrons. The molecule has 0 aliphatic carbocycles. The van der Waals surface area contributed by atoms with Crippen molar-refractivity contribution in [3.8, 4) is 0 Å². The van der Waals surface area contributed by atoms with Gasteiger partial charge < -0.3 is 4.90 Å². The van der Waals surface area contributed by atoms with Crippen LogP contribution < -0.4 is 4.90 Å². The smallest absolute Gasteiger partial charge is 0.135 e. The molecule has 1 aromatic carbocycles. The second kappa shape index (κ2) is 7.80. The van der Waals surface area contributed by atoms with Crippen molar-refractivity contribution >= 4 is 5.82 Å². The monoisotopic (exact) mass is 377 g/mol. The summed E-state index contributed by atoms with van der Waals surface area (Å²) in [4.78, 5) is 17.6. The highest BCUT2D eigenvalue weighted by Gasteiger charge is 2.32. The van der Waals surface area contributed by atoms with E-state index in [1.54, 1.807) is 0 Å². The summed E-state index contributed by atoms with van der Waals surface area (Å²) < 4.78 is 0. The van der Waals surface area contributed by atoms with Crippen LogP contribution in [0.5, 0.6) is 0 Å². The summed E-state index contributed by atoms with van der Waals surface area (Å²) in [6.45, 7) is 9.78. The maximum atomic E-state index is 4.93. The molecule has 0 bridgehead atoms. The van der Waals surface area contributed by atoms with Crippen molar-refractivity contribution in [3.05, 3.63) is 53.0 Å². The first-order chi connectivity index (χ1) is 13.8. The van der Waals surface area contributed by atoms with Gasteiger partial charge in [-0.15, -0.1) is 0 Å². The number of rotatable bonds is 3. The minimum Gasteiger partial charge on any atom is -0.353 e. The Bertz CT molecular complexity index is 821. The number of nitrogens with zero attached hydrogens (tertiary/aromatic N) is 5. The summed E-state index contributed by atoms with van der Waals surface area (Å²) in [5.41, 5.74) is 4.03. The van der Waals surface area contributed by atoms with Crippen LogP contribution in [0.1, 0.15) is 41.9 Å². The lowest BCUT2D eigenvalue weighted by Gasteiger charge is -2.45. The number of piperidine rings is 1. The van der Waals surface area contributed by atoms with Crippen LogP contribution in [-0.2, 0) is 19.5 Å². The molecule has 0 amide bonds. The molecule has 0 spiro atoms. The van der Waals surface area contributed by atoms with Crippen LogP contribution in [0, 0.1) is 6.92 Å². The number of fused-ring (bicyclic) bond motifs is 2. The Kier molecular flexibility index (Phi) is 5.03. The quantitative estimate of drug-likeness (QED) is 0.822. The predicted molar refractivity (Wildman–Crippen MR) is 112 cm³/mol. The van der Waals surface area contributed by atoms with Crippen molar-refractivity contribution in [2.24, 2.45) is 0 Å². The zero-order valence-corrected chi connectivity index (χ0v) is 17.0. The number of hydrogen-bond acceptors (Lipinski definition) is 5. The largest absolute Gasteiger partial charge is 0.353 e. The molecule has 1 atom stereocenters. The van der Waals surface area contributed by atoms with Crippen LogP contribution in [0.15, 0.2) is 30.3 Å². The van der Waals surface area contributed by atoms with Crippen molar-refractivity contribution in [2.45, 2.75) is 51.7 Å². The minimum absolute atomic E-state index is 0.714. The van der Waals surface area contributed by atoms with Crippen LogP contribution in [0.4, 0.5) is 5.82 Å². The number of anilines is 1. The van der Waals surface area contributed by atoms with E-state index in [-0.39, 0.29) is 0 Å². The summed E-state index contributed by atoms with van der Waals surface area (Å²) >= 11 is 0. The van der Waals surface area contributed by atoms with Crippen LogP contribution in [0.3, 0.4) is 0 Å². The second-order valence-electron chi connectivity index (χ2n) is 8.60. The molecule has 2 aromatic rings. The third-order valence-electron chi connectivity index (χ3n) is 6.62. The van der Waals surface area contributed by atoms with E-state index in [0.29, 0.717) is 6.04 Å². The molecular weight excluding hydrogens is 346 g/mol. The molecular formula is C23H31N5. The van der Waals surface area contributed by atoms with Crippen LogP contribution >= 0.6 is 0 Å². The van der Waals surface area contributed by atoms with Gasteiger partial charge in [0.05, 0.1) is 5.69 Å². The molecule has 1 aromatic heterocycles. The van der Waals surface area contributed by atoms with E-state index in [2.05, 4.69) is 52.0 Å². The normalized spacial score (nSPS) is 23.3. The lowest BCUT2D eigenvalue weighted by molar-refractivity contribution is 0.133. The van der Waals surface area contributed by atoms with Crippen molar-refractivity contribution in [2.75, 3.05) is 37.6 Å². The van der Waals surface area contributed by atoms with E-state index in [0.717, 1.165) is 45.0 Å². The Labute approximate surface area is 168 Å². The second-order valence-corrected chi connectivity index (χ2v) is 8.60. The fourth-order valence-electron chi connectivity index (χ4n) is 5.17. The van der Waals surface area contributed by atoms with Crippen molar-refractivity contribution in [3.63, 3.8) is 0 Å². The Hall–Kier alpha value is -1.98. The summed E-state index contributed by atoms with van der Waals surface area (Å²) in [7, 11) is 0. The van der Waals surface area contributed by atoms with Crippen molar-refractivity contribution in [1.82, 2.24) is 19.8 Å². The van der Waals surface area contributed by atoms with Gasteiger partial charge in [0.25, 0.3) is 0 Å². The van der Waals surface area contributed by atoms with E-state index in [4.69, 9.17) is 9.97 Å². The summed E-state index contributed by atoms with van der Waals surface area (Å²) in [5, 5.41) is 0. The average molecular weight is 378 g/mol. The van der Waals surface area contributed by atoms with Crippen LogP contribution in [0.2, 0.25) is 0 Å². The SMILES string of the molecule is Cc1nc2c(c(N3CCN4CCCC[C@H]4C3)n1)CCN(Cc1ccccc1)C2. The fourth-order valence-corrected chi connectivity index (χ4v) is 5.17. The van der Waals surface area contributed by atoms with Gasteiger partial charge in [-0.2, -0.15) is 0 Å². The molecule has 2 saturated heterocycles. The number of aryl methyl sites for hydroxylation is 1. The highest BCUT2D eigenvalue weighted by atomic mass is 15.3. The first kappa shape index (κ1) is 18.1. The third kappa shape index (κ3) is 3.65. The van der Waals surface area contributed by atoms with Crippen LogP contribution in [-0.4, -0.2) is 58.5 Å². The van der Waals surface area contributed by atoms with Crippen LogP contribution in [0.25, 0.3) is 0 Å². The Morgan fingerprint density at radius 2 is 1.89 bits per heavy atom. The number of piperazine rings is 1. The van der Waals surface area contributed by atoms with E-state index in [1.807, 2.05) is 0 Å². The third-order valence-corrected chi connectivity index (χ3v) is 6.62. The molecule has 5 rings (SSSR count). The van der Waals surface area contributed by atoms with Crippen molar-refractivity contribution in [1.29, 1.82) is 0 Å². The summed E-state index contributed by atoms with van der Waals surface area (Å²) in [6, 6.07) is 11.5. The van der Waals surface area contributed by atoms with Gasteiger partial charge in [0, 0.05) is 50.9 Å². The standard InChI is InChI=1S/C23H31N5/c1-18-24-22-17-26(15-19-7-3-2-4-8-19)12-10-21(22)23(25-18)28-14-13-27-11-6-5-9-20(27)16-28/h2-4,7-8,20H,5-6,9-17H2,1H3/t20-/m0/s1. The lowest BCUT2D eigenvalue weighted by Crippen LogP contribution is -2.55. The Morgan fingerprint density at radius 1 is 1.00 bits per heavy atom. The summed E-state index contributed by atoms with van der Waals surface area (Å²) in [5.74, 6) is 2.15. The molecule has 5 nitrogen and oxygen atoms in total. The molecule has 0 radical (unpaired) electrons. The molecule has 0 unspecified atom stereocenters. The van der Waals surface area contributed by atoms with E-state index in [1.165, 1.54) is 55.0 Å². The van der Waals surface area contributed by atoms with Gasteiger partial charge >= 0.3 is 0 Å². The molecule has 3 aliphatic rings. The van der Waals surface area contributed by atoms with E-state index in [9.17, 15) is 0 Å². The van der Waals surface area contributed by atoms with E-state index >= 15 is 0 Å². The van der Waals surface area contributed by atoms with Gasteiger partial charge in [-0.1, -0.05) is 36.8 Å². The van der Waals surface area contributed by atoms with Gasteiger partial charge in [0.15, 0.2) is 0 Å². The molecule has 5 heteroatoms. The molecule has 4 heterocycles. The highest BCUT2D eigenvalue weighted by Crippen LogP contribution is 2.30. The molecule has 2 fully saturated rings. The average Bonchev–Trinajstić information content (AvgIpc) is 2.73. The van der Waals surface area contributed by atoms with Gasteiger partial charge in [-0.25, -0.2) is 9.97 Å². The van der Waals surface area contributed by atoms with E-state index < -0.39 is 0 Å². The Morgan fingerprint density at radius 3 is 2.79 bits per heavy atom. The highest BCUT2D eigenvalue weighted by molar-refractivity contribution is 5.51. The predicted octanol–water partition coefficient (Wildman–Crippen LogP) is 3.02. The van der Waals surface area contributed by atoms with Gasteiger partial charge in [0.2, 0.25) is 0 Å². The molecule has 3 aliphatic heterocycles. The summed E-state index contributed by atoms with van der Waals surface area (Å²) in [6.07, 6.45) is 5.15. The fraction of sp³-hybridized carbons (Fsp3) is 0.565. The first-order valence-electron chi connectivity index (χ1n) is 10.9. The molecule has 28 heavy (non-hydrogen) atoms. The molecule has 0 N–H and O–H groups in total. The van der Waals surface area contributed by atoms with Gasteiger partial charge in [0.1, 0.15) is 11.6 Å². The number of benzene rings is 1. The maximum Gasteiger partial charge on any atom is 0.135 e. The van der Waals surface area contributed by atoms with Gasteiger partial charge in [-0.3, -0.25) is 9.80 Å². The molecule has 0 saturated carbocycles. The lowest BCUT2D eigenvalue weighted by atomic mass is 9.98. The number of hydrogen-bond donors (Lipinski definition) is 0. The Balaban J connectivity index is 1.35. The topological polar surface area (TPSA) is 35.5 Å². The number of aromatic nitrogens is 2. The maximum absolute atomic E-state index is 4.93. The minimum atomic E-state index is 0.714.